The van der Waals surface area contributed by atoms with E-state index in [1.807, 2.05) is 18.2 Å². The van der Waals surface area contributed by atoms with Gasteiger partial charge >= 0.3 is 0 Å². The maximum absolute atomic E-state index is 6.10. The van der Waals surface area contributed by atoms with Crippen molar-refractivity contribution in [1.82, 2.24) is 9.88 Å². The number of aromatic nitrogens is 1. The number of hydrogen-bond donors (Lipinski definition) is 0. The van der Waals surface area contributed by atoms with Crippen LogP contribution in [-0.4, -0.2) is 55.3 Å². The number of ether oxygens (including phenoxy) is 2. The van der Waals surface area contributed by atoms with Crippen LogP contribution in [0.2, 0.25) is 0 Å². The lowest BCUT2D eigenvalue weighted by Crippen LogP contribution is -2.49. The van der Waals surface area contributed by atoms with Crippen LogP contribution in [0, 0.1) is 0 Å². The molecule has 144 valence electrons. The van der Waals surface area contributed by atoms with Gasteiger partial charge in [-0.3, -0.25) is 9.88 Å². The fourth-order valence-corrected chi connectivity index (χ4v) is 4.26. The summed E-state index contributed by atoms with van der Waals surface area (Å²) in [6.45, 7) is 4.51. The molecule has 0 amide bonds. The Kier molecular flexibility index (Phi) is 5.78. The summed E-state index contributed by atoms with van der Waals surface area (Å²) in [5, 5.41) is 0. The number of piperidine rings is 2. The molecule has 2 saturated heterocycles. The third kappa shape index (κ3) is 4.53. The molecule has 0 saturated carbocycles. The maximum atomic E-state index is 6.10. The number of likely N-dealkylation sites (tertiary alicyclic amines) is 1. The molecular weight excluding hydrogens is 338 g/mol. The summed E-state index contributed by atoms with van der Waals surface area (Å²) >= 11 is 0. The summed E-state index contributed by atoms with van der Waals surface area (Å²) in [4.78, 5) is 9.21. The number of pyridine rings is 1. The van der Waals surface area contributed by atoms with E-state index in [4.69, 9.17) is 9.47 Å². The number of hydrogen-bond acceptors (Lipinski definition) is 5. The lowest BCUT2D eigenvalue weighted by Gasteiger charge is -2.42. The van der Waals surface area contributed by atoms with Gasteiger partial charge in [0.1, 0.15) is 17.6 Å². The molecule has 0 N–H and O–H groups in total. The van der Waals surface area contributed by atoms with Crippen LogP contribution in [0.3, 0.4) is 0 Å². The molecule has 0 atom stereocenters. The molecule has 5 heteroatoms. The third-order valence-corrected chi connectivity index (χ3v) is 5.83. The highest BCUT2D eigenvalue weighted by Gasteiger charge is 2.29. The predicted molar refractivity (Wildman–Crippen MR) is 108 cm³/mol. The molecule has 0 radical (unpaired) electrons. The van der Waals surface area contributed by atoms with Crippen LogP contribution < -0.4 is 14.4 Å². The van der Waals surface area contributed by atoms with Gasteiger partial charge in [0.05, 0.1) is 7.11 Å². The lowest BCUT2D eigenvalue weighted by molar-refractivity contribution is 0.0674. The van der Waals surface area contributed by atoms with Gasteiger partial charge in [0.2, 0.25) is 0 Å². The summed E-state index contributed by atoms with van der Waals surface area (Å²) in [6, 6.07) is 13.0. The molecule has 1 aromatic heterocycles. The van der Waals surface area contributed by atoms with E-state index in [0.29, 0.717) is 12.1 Å². The van der Waals surface area contributed by atoms with Gasteiger partial charge in [-0.1, -0.05) is 6.07 Å². The number of rotatable bonds is 5. The Hall–Kier alpha value is -2.27. The van der Waals surface area contributed by atoms with Gasteiger partial charge in [0, 0.05) is 56.4 Å². The molecule has 0 unspecified atom stereocenters. The first kappa shape index (κ1) is 18.1. The van der Waals surface area contributed by atoms with Gasteiger partial charge in [-0.15, -0.1) is 0 Å². The Labute approximate surface area is 161 Å². The van der Waals surface area contributed by atoms with Crippen molar-refractivity contribution in [3.63, 3.8) is 0 Å². The fourth-order valence-electron chi connectivity index (χ4n) is 4.26. The highest BCUT2D eigenvalue weighted by molar-refractivity contribution is 5.51. The van der Waals surface area contributed by atoms with E-state index in [1.165, 1.54) is 18.5 Å². The van der Waals surface area contributed by atoms with Crippen LogP contribution in [0.25, 0.3) is 0 Å². The smallest absolute Gasteiger partial charge is 0.122 e. The number of anilines is 1. The summed E-state index contributed by atoms with van der Waals surface area (Å²) in [5.41, 5.74) is 1.28. The topological polar surface area (TPSA) is 37.8 Å². The monoisotopic (exact) mass is 367 g/mol. The normalized spacial score (nSPS) is 19.8. The number of nitrogens with zero attached hydrogens (tertiary/aromatic N) is 3. The Morgan fingerprint density at radius 1 is 0.889 bits per heavy atom. The van der Waals surface area contributed by atoms with Crippen LogP contribution in [-0.2, 0) is 0 Å². The van der Waals surface area contributed by atoms with Gasteiger partial charge in [0.15, 0.2) is 0 Å². The van der Waals surface area contributed by atoms with Gasteiger partial charge < -0.3 is 14.4 Å². The van der Waals surface area contributed by atoms with E-state index in [0.717, 1.165) is 50.5 Å². The van der Waals surface area contributed by atoms with E-state index in [9.17, 15) is 0 Å². The zero-order valence-corrected chi connectivity index (χ0v) is 16.1. The summed E-state index contributed by atoms with van der Waals surface area (Å²) in [5.74, 6) is 1.88. The largest absolute Gasteiger partial charge is 0.497 e. The summed E-state index contributed by atoms with van der Waals surface area (Å²) in [6.07, 6.45) is 8.60. The van der Waals surface area contributed by atoms with Gasteiger partial charge in [-0.2, -0.15) is 0 Å². The van der Waals surface area contributed by atoms with Crippen molar-refractivity contribution in [2.24, 2.45) is 0 Å². The molecule has 2 aliphatic rings. The average Bonchev–Trinajstić information content (AvgIpc) is 2.75. The van der Waals surface area contributed by atoms with Crippen molar-refractivity contribution in [2.45, 2.75) is 37.8 Å². The average molecular weight is 367 g/mol. The maximum Gasteiger partial charge on any atom is 0.122 e. The second-order valence-electron chi connectivity index (χ2n) is 7.46. The molecule has 1 aromatic carbocycles. The minimum Gasteiger partial charge on any atom is -0.497 e. The van der Waals surface area contributed by atoms with Gasteiger partial charge in [-0.25, -0.2) is 0 Å². The molecule has 2 fully saturated rings. The quantitative estimate of drug-likeness (QED) is 0.807. The van der Waals surface area contributed by atoms with Crippen LogP contribution in [0.4, 0.5) is 5.69 Å². The fraction of sp³-hybridized carbons (Fsp3) is 0.500. The zero-order valence-electron chi connectivity index (χ0n) is 16.1. The van der Waals surface area contributed by atoms with Crippen molar-refractivity contribution >= 4 is 5.69 Å². The van der Waals surface area contributed by atoms with Crippen LogP contribution in [0.1, 0.15) is 25.7 Å². The van der Waals surface area contributed by atoms with E-state index in [2.05, 4.69) is 33.0 Å². The molecule has 0 bridgehead atoms. The standard InChI is InChI=1S/C22H29N3O2/c1-26-22-4-2-3-19(17-22)25-13-7-18(8-14-25)24-15-9-21(10-16-24)27-20-5-11-23-12-6-20/h2-6,11-12,17-18,21H,7-10,13-16H2,1H3. The highest BCUT2D eigenvalue weighted by Crippen LogP contribution is 2.27. The SMILES string of the molecule is COc1cccc(N2CCC(N3CCC(Oc4ccncc4)CC3)CC2)c1. The van der Waals surface area contributed by atoms with Crippen molar-refractivity contribution in [2.75, 3.05) is 38.2 Å². The first-order valence-corrected chi connectivity index (χ1v) is 10.0. The minimum absolute atomic E-state index is 0.334. The van der Waals surface area contributed by atoms with E-state index in [1.54, 1.807) is 19.5 Å². The van der Waals surface area contributed by atoms with E-state index in [-0.39, 0.29) is 0 Å². The highest BCUT2D eigenvalue weighted by atomic mass is 16.5. The molecule has 4 rings (SSSR count). The Morgan fingerprint density at radius 2 is 1.63 bits per heavy atom. The summed E-state index contributed by atoms with van der Waals surface area (Å²) < 4.78 is 11.5. The van der Waals surface area contributed by atoms with Crippen LogP contribution >= 0.6 is 0 Å². The van der Waals surface area contributed by atoms with Crippen molar-refractivity contribution in [1.29, 1.82) is 0 Å². The van der Waals surface area contributed by atoms with Crippen molar-refractivity contribution in [3.05, 3.63) is 48.8 Å². The zero-order chi connectivity index (χ0) is 18.5. The van der Waals surface area contributed by atoms with Gasteiger partial charge in [-0.05, 0) is 49.9 Å². The van der Waals surface area contributed by atoms with Crippen molar-refractivity contribution in [3.8, 4) is 11.5 Å². The van der Waals surface area contributed by atoms with Gasteiger partial charge in [0.25, 0.3) is 0 Å². The molecule has 27 heavy (non-hydrogen) atoms. The molecule has 0 aliphatic carbocycles. The molecule has 2 aliphatic heterocycles. The predicted octanol–water partition coefficient (Wildman–Crippen LogP) is 3.60. The molecule has 0 spiro atoms. The second kappa shape index (κ2) is 8.61. The molecule has 3 heterocycles. The molecule has 5 nitrogen and oxygen atoms in total. The minimum atomic E-state index is 0.334. The first-order valence-electron chi connectivity index (χ1n) is 10.0. The Bertz CT molecular complexity index is 709. The lowest BCUT2D eigenvalue weighted by atomic mass is 9.98. The van der Waals surface area contributed by atoms with E-state index < -0.39 is 0 Å². The molecule has 2 aromatic rings. The van der Waals surface area contributed by atoms with Crippen molar-refractivity contribution < 1.29 is 9.47 Å². The number of methoxy groups -OCH3 is 1. The van der Waals surface area contributed by atoms with Crippen LogP contribution in [0.15, 0.2) is 48.8 Å². The number of benzene rings is 1. The Morgan fingerprint density at radius 3 is 2.33 bits per heavy atom. The van der Waals surface area contributed by atoms with Crippen LogP contribution in [0.5, 0.6) is 11.5 Å². The first-order chi connectivity index (χ1) is 13.3. The van der Waals surface area contributed by atoms with E-state index >= 15 is 0 Å². The molecular formula is C22H29N3O2. The Balaban J connectivity index is 1.24. The summed E-state index contributed by atoms with van der Waals surface area (Å²) in [7, 11) is 1.73. The second-order valence-corrected chi connectivity index (χ2v) is 7.46. The third-order valence-electron chi connectivity index (χ3n) is 5.83.